The van der Waals surface area contributed by atoms with E-state index in [0.717, 1.165) is 36.1 Å². The summed E-state index contributed by atoms with van der Waals surface area (Å²) < 4.78 is 0. The van der Waals surface area contributed by atoms with E-state index in [9.17, 15) is 4.79 Å². The number of carbonyl (C=O) groups is 1. The van der Waals surface area contributed by atoms with Gasteiger partial charge >= 0.3 is 0 Å². The molecule has 1 amide bonds. The molecule has 0 saturated carbocycles. The Hall–Kier alpha value is -0.350. The number of alkyl halides is 1. The Balaban J connectivity index is 2.66. The minimum absolute atomic E-state index is 0.172. The van der Waals surface area contributed by atoms with Crippen molar-refractivity contribution in [2.24, 2.45) is 0 Å². The zero-order valence-electron chi connectivity index (χ0n) is 9.83. The lowest BCUT2D eigenvalue weighted by Crippen LogP contribution is -2.33. The van der Waals surface area contributed by atoms with Gasteiger partial charge in [-0.2, -0.15) is 0 Å². The Morgan fingerprint density at radius 3 is 2.69 bits per heavy atom. The molecule has 90 valence electrons. The fraction of sp³-hybridized carbons (Fsp3) is 0.583. The molecule has 0 aromatic carbocycles. The summed E-state index contributed by atoms with van der Waals surface area (Å²) in [6.45, 7) is 5.82. The molecule has 4 heteroatoms. The first-order valence-corrected chi connectivity index (χ1v) is 7.54. The van der Waals surface area contributed by atoms with E-state index in [-0.39, 0.29) is 5.91 Å². The molecular formula is C12H18BrNOS. The topological polar surface area (TPSA) is 20.3 Å². The first-order chi connectivity index (χ1) is 7.69. The highest BCUT2D eigenvalue weighted by Crippen LogP contribution is 2.17. The molecule has 0 spiro atoms. The van der Waals surface area contributed by atoms with Gasteiger partial charge in [-0.3, -0.25) is 4.79 Å². The monoisotopic (exact) mass is 303 g/mol. The number of aryl methyl sites for hydroxylation is 1. The van der Waals surface area contributed by atoms with E-state index < -0.39 is 0 Å². The molecule has 1 aromatic rings. The average molecular weight is 304 g/mol. The average Bonchev–Trinajstić information content (AvgIpc) is 2.70. The van der Waals surface area contributed by atoms with Crippen LogP contribution in [0, 0.1) is 6.92 Å². The summed E-state index contributed by atoms with van der Waals surface area (Å²) in [6, 6.07) is 3.93. The van der Waals surface area contributed by atoms with Gasteiger partial charge in [-0.05, 0) is 25.5 Å². The van der Waals surface area contributed by atoms with Crippen LogP contribution in [0.1, 0.15) is 34.3 Å². The van der Waals surface area contributed by atoms with Gasteiger partial charge in [-0.1, -0.05) is 29.3 Å². The van der Waals surface area contributed by atoms with E-state index in [1.807, 2.05) is 24.0 Å². The van der Waals surface area contributed by atoms with Crippen molar-refractivity contribution >= 4 is 33.2 Å². The van der Waals surface area contributed by atoms with Crippen LogP contribution in [0.4, 0.5) is 0 Å². The van der Waals surface area contributed by atoms with E-state index in [1.165, 1.54) is 4.88 Å². The summed E-state index contributed by atoms with van der Waals surface area (Å²) in [5, 5.41) is 0.840. The maximum atomic E-state index is 12.2. The molecule has 0 fully saturated rings. The second-order valence-electron chi connectivity index (χ2n) is 3.75. The molecule has 1 rings (SSSR count). The van der Waals surface area contributed by atoms with Gasteiger partial charge in [0.05, 0.1) is 4.88 Å². The van der Waals surface area contributed by atoms with Crippen LogP contribution < -0.4 is 0 Å². The van der Waals surface area contributed by atoms with Crippen molar-refractivity contribution in [3.63, 3.8) is 0 Å². The van der Waals surface area contributed by atoms with Crippen LogP contribution in [0.5, 0.6) is 0 Å². The summed E-state index contributed by atoms with van der Waals surface area (Å²) >= 11 is 4.97. The number of rotatable bonds is 6. The molecule has 0 N–H and O–H groups in total. The number of nitrogens with zero attached hydrogens (tertiary/aromatic N) is 1. The molecule has 16 heavy (non-hydrogen) atoms. The van der Waals surface area contributed by atoms with Gasteiger partial charge in [-0.25, -0.2) is 0 Å². The standard InChI is InChI=1S/C12H18BrNOS/c1-3-4-8-14(9-7-13)12(15)11-6-5-10(2)16-11/h5-6H,3-4,7-9H2,1-2H3. The Labute approximate surface area is 110 Å². The summed E-state index contributed by atoms with van der Waals surface area (Å²) in [6.07, 6.45) is 2.19. The van der Waals surface area contributed by atoms with Crippen LogP contribution in [-0.4, -0.2) is 29.2 Å². The number of halogens is 1. The Bertz CT molecular complexity index is 338. The second-order valence-corrected chi connectivity index (χ2v) is 5.83. The molecule has 0 bridgehead atoms. The molecule has 0 aliphatic heterocycles. The Kier molecular flexibility index (Phi) is 6.06. The van der Waals surface area contributed by atoms with E-state index in [0.29, 0.717) is 0 Å². The van der Waals surface area contributed by atoms with E-state index in [4.69, 9.17) is 0 Å². The maximum absolute atomic E-state index is 12.2. The fourth-order valence-electron chi connectivity index (χ4n) is 1.47. The largest absolute Gasteiger partial charge is 0.337 e. The number of unbranched alkanes of at least 4 members (excludes halogenated alkanes) is 1. The van der Waals surface area contributed by atoms with Crippen molar-refractivity contribution in [1.82, 2.24) is 4.90 Å². The molecule has 1 aromatic heterocycles. The lowest BCUT2D eigenvalue weighted by Gasteiger charge is -2.20. The molecule has 0 saturated heterocycles. The van der Waals surface area contributed by atoms with Gasteiger partial charge in [0, 0.05) is 23.3 Å². The lowest BCUT2D eigenvalue weighted by molar-refractivity contribution is 0.0769. The fourth-order valence-corrected chi connectivity index (χ4v) is 2.73. The molecule has 0 unspecified atom stereocenters. The third-order valence-corrected chi connectivity index (χ3v) is 3.72. The smallest absolute Gasteiger partial charge is 0.263 e. The molecule has 0 radical (unpaired) electrons. The highest BCUT2D eigenvalue weighted by Gasteiger charge is 2.15. The quantitative estimate of drug-likeness (QED) is 0.734. The van der Waals surface area contributed by atoms with Crippen molar-refractivity contribution in [1.29, 1.82) is 0 Å². The highest BCUT2D eigenvalue weighted by atomic mass is 79.9. The van der Waals surface area contributed by atoms with Crippen LogP contribution in [-0.2, 0) is 0 Å². The van der Waals surface area contributed by atoms with Gasteiger partial charge in [0.15, 0.2) is 0 Å². The van der Waals surface area contributed by atoms with Gasteiger partial charge in [0.25, 0.3) is 5.91 Å². The van der Waals surface area contributed by atoms with Crippen LogP contribution >= 0.6 is 27.3 Å². The Morgan fingerprint density at radius 1 is 1.44 bits per heavy atom. The van der Waals surface area contributed by atoms with Crippen LogP contribution in [0.2, 0.25) is 0 Å². The van der Waals surface area contributed by atoms with Crippen LogP contribution in [0.15, 0.2) is 12.1 Å². The molecule has 2 nitrogen and oxygen atoms in total. The van der Waals surface area contributed by atoms with Gasteiger partial charge in [-0.15, -0.1) is 11.3 Å². The third-order valence-electron chi connectivity index (χ3n) is 2.37. The first kappa shape index (κ1) is 13.7. The van der Waals surface area contributed by atoms with Crippen LogP contribution in [0.25, 0.3) is 0 Å². The predicted molar refractivity (Wildman–Crippen MR) is 73.7 cm³/mol. The van der Waals surface area contributed by atoms with Crippen molar-refractivity contribution in [2.75, 3.05) is 18.4 Å². The summed E-state index contributed by atoms with van der Waals surface area (Å²) in [7, 11) is 0. The van der Waals surface area contributed by atoms with Crippen molar-refractivity contribution in [2.45, 2.75) is 26.7 Å². The predicted octanol–water partition coefficient (Wildman–Crippen LogP) is 3.69. The molecule has 0 atom stereocenters. The number of thiophene rings is 1. The van der Waals surface area contributed by atoms with E-state index >= 15 is 0 Å². The van der Waals surface area contributed by atoms with Gasteiger partial charge in [0.2, 0.25) is 0 Å². The number of hydrogen-bond acceptors (Lipinski definition) is 2. The normalized spacial score (nSPS) is 10.4. The highest BCUT2D eigenvalue weighted by molar-refractivity contribution is 9.09. The Morgan fingerprint density at radius 2 is 2.19 bits per heavy atom. The van der Waals surface area contributed by atoms with Crippen molar-refractivity contribution < 1.29 is 4.79 Å². The SMILES string of the molecule is CCCCN(CCBr)C(=O)c1ccc(C)s1. The maximum Gasteiger partial charge on any atom is 0.263 e. The van der Waals surface area contributed by atoms with Gasteiger partial charge in [0.1, 0.15) is 0 Å². The summed E-state index contributed by atoms with van der Waals surface area (Å²) in [5.74, 6) is 0.172. The van der Waals surface area contributed by atoms with E-state index in [2.05, 4.69) is 22.9 Å². The number of hydrogen-bond donors (Lipinski definition) is 0. The van der Waals surface area contributed by atoms with Crippen molar-refractivity contribution in [3.05, 3.63) is 21.9 Å². The first-order valence-electron chi connectivity index (χ1n) is 5.60. The third kappa shape index (κ3) is 3.91. The van der Waals surface area contributed by atoms with Crippen LogP contribution in [0.3, 0.4) is 0 Å². The minimum Gasteiger partial charge on any atom is -0.337 e. The molecule has 0 aliphatic carbocycles. The summed E-state index contributed by atoms with van der Waals surface area (Å²) in [4.78, 5) is 16.2. The lowest BCUT2D eigenvalue weighted by atomic mass is 10.3. The molecule has 0 aliphatic rings. The molecular weight excluding hydrogens is 286 g/mol. The van der Waals surface area contributed by atoms with E-state index in [1.54, 1.807) is 11.3 Å². The van der Waals surface area contributed by atoms with Crippen molar-refractivity contribution in [3.8, 4) is 0 Å². The number of amides is 1. The van der Waals surface area contributed by atoms with Gasteiger partial charge < -0.3 is 4.90 Å². The second kappa shape index (κ2) is 7.07. The minimum atomic E-state index is 0.172. The zero-order valence-corrected chi connectivity index (χ0v) is 12.2. The molecule has 1 heterocycles. The summed E-state index contributed by atoms with van der Waals surface area (Å²) in [5.41, 5.74) is 0. The number of carbonyl (C=O) groups excluding carboxylic acids is 1. The zero-order chi connectivity index (χ0) is 12.0.